The molecule has 5 nitrogen and oxygen atoms in total. The van der Waals surface area contributed by atoms with Crippen LogP contribution in [0.4, 0.5) is 8.78 Å². The lowest BCUT2D eigenvalue weighted by Gasteiger charge is -2.12. The number of pyridine rings is 1. The molecule has 0 amide bonds. The Bertz CT molecular complexity index is 484. The van der Waals surface area contributed by atoms with Crippen LogP contribution in [0, 0.1) is 0 Å². The fraction of sp³-hybridized carbons (Fsp3) is 0.455. The van der Waals surface area contributed by atoms with Crippen molar-refractivity contribution in [2.45, 2.75) is 19.8 Å². The molecule has 100 valence electrons. The summed E-state index contributed by atoms with van der Waals surface area (Å²) in [5.74, 6) is -0.806. The minimum atomic E-state index is -2.89. The number of aromatic amines is 1. The van der Waals surface area contributed by atoms with Crippen LogP contribution in [0.25, 0.3) is 0 Å². The van der Waals surface area contributed by atoms with Crippen LogP contribution in [-0.2, 0) is 16.0 Å². The molecule has 0 bridgehead atoms. The normalized spacial score (nSPS) is 10.5. The van der Waals surface area contributed by atoms with E-state index in [9.17, 15) is 18.4 Å². The average Bonchev–Trinajstić information content (AvgIpc) is 2.28. The lowest BCUT2D eigenvalue weighted by Crippen LogP contribution is -2.16. The van der Waals surface area contributed by atoms with Crippen LogP contribution < -0.4 is 10.3 Å². The Hall–Kier alpha value is -1.92. The summed E-state index contributed by atoms with van der Waals surface area (Å²) >= 11 is 0. The molecule has 0 aromatic carbocycles. The second-order valence-corrected chi connectivity index (χ2v) is 3.39. The van der Waals surface area contributed by atoms with E-state index in [-0.39, 0.29) is 24.3 Å². The molecule has 0 aliphatic heterocycles. The van der Waals surface area contributed by atoms with Crippen molar-refractivity contribution < 1.29 is 23.0 Å². The summed E-state index contributed by atoms with van der Waals surface area (Å²) in [4.78, 5) is 24.5. The molecule has 7 heteroatoms. The Morgan fingerprint density at radius 2 is 2.17 bits per heavy atom. The molecule has 0 spiro atoms. The number of nitrogens with one attached hydrogen (secondary N) is 1. The van der Waals surface area contributed by atoms with E-state index in [1.54, 1.807) is 6.92 Å². The Labute approximate surface area is 102 Å². The van der Waals surface area contributed by atoms with E-state index in [0.717, 1.165) is 6.07 Å². The number of alkyl halides is 2. The first-order chi connectivity index (χ1) is 8.49. The van der Waals surface area contributed by atoms with Gasteiger partial charge in [-0.3, -0.25) is 9.59 Å². The first-order valence-corrected chi connectivity index (χ1v) is 5.23. The molecule has 1 heterocycles. The molecule has 18 heavy (non-hydrogen) atoms. The van der Waals surface area contributed by atoms with Gasteiger partial charge in [0.25, 0.3) is 6.43 Å². The first-order valence-electron chi connectivity index (χ1n) is 5.23. The van der Waals surface area contributed by atoms with E-state index >= 15 is 0 Å². The second kappa shape index (κ2) is 6.13. The number of H-pyrrole nitrogens is 1. The van der Waals surface area contributed by atoms with Gasteiger partial charge in [0.15, 0.2) is 0 Å². The number of methoxy groups -OCH3 is 1. The van der Waals surface area contributed by atoms with Gasteiger partial charge < -0.3 is 14.5 Å². The van der Waals surface area contributed by atoms with Gasteiger partial charge in [-0.2, -0.15) is 0 Å². The van der Waals surface area contributed by atoms with Crippen molar-refractivity contribution in [1.82, 2.24) is 4.98 Å². The smallest absolute Gasteiger partial charge is 0.310 e. The Balaban J connectivity index is 3.17. The van der Waals surface area contributed by atoms with Crippen molar-refractivity contribution in [2.24, 2.45) is 0 Å². The first kappa shape index (κ1) is 14.1. The molecule has 0 aliphatic rings. The summed E-state index contributed by atoms with van der Waals surface area (Å²) in [6.45, 7) is 1.80. The summed E-state index contributed by atoms with van der Waals surface area (Å²) in [7, 11) is 1.19. The van der Waals surface area contributed by atoms with Crippen molar-refractivity contribution in [1.29, 1.82) is 0 Å². The van der Waals surface area contributed by atoms with Crippen molar-refractivity contribution in [3.63, 3.8) is 0 Å². The average molecular weight is 261 g/mol. The third kappa shape index (κ3) is 3.28. The number of carbonyl (C=O) groups excluding carboxylic acids is 1. The largest absolute Gasteiger partial charge is 0.494 e. The number of rotatable bonds is 5. The Kier molecular flexibility index (Phi) is 4.82. The summed E-state index contributed by atoms with van der Waals surface area (Å²) in [6.07, 6.45) is -3.18. The van der Waals surface area contributed by atoms with Gasteiger partial charge in [-0.05, 0) is 6.92 Å². The zero-order valence-electron chi connectivity index (χ0n) is 9.96. The fourth-order valence-corrected chi connectivity index (χ4v) is 1.52. The van der Waals surface area contributed by atoms with Crippen LogP contribution in [0.3, 0.4) is 0 Å². The standard InChI is InChI=1S/C11H13F2NO4/c1-3-18-8(16)5-6-4-7(15)14-9(11(12)13)10(6)17-2/h4,11H,3,5H2,1-2H3,(H,14,15). The van der Waals surface area contributed by atoms with E-state index in [4.69, 9.17) is 9.47 Å². The molecule has 0 radical (unpaired) electrons. The molecular formula is C11H13F2NO4. The number of hydrogen-bond donors (Lipinski definition) is 1. The predicted octanol–water partition coefficient (Wildman–Crippen LogP) is 1.43. The van der Waals surface area contributed by atoms with Gasteiger partial charge in [-0.1, -0.05) is 0 Å². The van der Waals surface area contributed by atoms with Crippen molar-refractivity contribution in [3.05, 3.63) is 27.7 Å². The maximum absolute atomic E-state index is 12.7. The Morgan fingerprint density at radius 3 is 2.67 bits per heavy atom. The molecular weight excluding hydrogens is 248 g/mol. The summed E-state index contributed by atoms with van der Waals surface area (Å²) in [5, 5.41) is 0. The van der Waals surface area contributed by atoms with E-state index in [1.807, 2.05) is 4.98 Å². The third-order valence-corrected chi connectivity index (χ3v) is 2.16. The number of carbonyl (C=O) groups is 1. The molecule has 1 N–H and O–H groups in total. The number of esters is 1. The lowest BCUT2D eigenvalue weighted by atomic mass is 10.1. The topological polar surface area (TPSA) is 68.4 Å². The lowest BCUT2D eigenvalue weighted by molar-refractivity contribution is -0.142. The second-order valence-electron chi connectivity index (χ2n) is 3.39. The van der Waals surface area contributed by atoms with Crippen molar-refractivity contribution in [2.75, 3.05) is 13.7 Å². The number of halogens is 2. The Morgan fingerprint density at radius 1 is 1.50 bits per heavy atom. The molecule has 0 aliphatic carbocycles. The maximum atomic E-state index is 12.7. The predicted molar refractivity (Wildman–Crippen MR) is 58.9 cm³/mol. The fourth-order valence-electron chi connectivity index (χ4n) is 1.52. The summed E-state index contributed by atoms with van der Waals surface area (Å²) in [6, 6.07) is 1.04. The molecule has 0 unspecified atom stereocenters. The number of ether oxygens (including phenoxy) is 2. The van der Waals surface area contributed by atoms with E-state index in [0.29, 0.717) is 0 Å². The van der Waals surface area contributed by atoms with Crippen molar-refractivity contribution >= 4 is 5.97 Å². The monoisotopic (exact) mass is 261 g/mol. The molecule has 0 atom stereocenters. The van der Waals surface area contributed by atoms with Crippen LogP contribution in [0.2, 0.25) is 0 Å². The molecule has 0 fully saturated rings. The zero-order valence-corrected chi connectivity index (χ0v) is 9.96. The van der Waals surface area contributed by atoms with E-state index < -0.39 is 23.6 Å². The number of hydrogen-bond acceptors (Lipinski definition) is 4. The highest BCUT2D eigenvalue weighted by molar-refractivity contribution is 5.73. The van der Waals surface area contributed by atoms with Crippen molar-refractivity contribution in [3.8, 4) is 5.75 Å². The van der Waals surface area contributed by atoms with Gasteiger partial charge in [-0.25, -0.2) is 8.78 Å². The quantitative estimate of drug-likeness (QED) is 0.814. The highest BCUT2D eigenvalue weighted by Gasteiger charge is 2.20. The van der Waals surface area contributed by atoms with Gasteiger partial charge in [0.2, 0.25) is 5.56 Å². The SMILES string of the molecule is CCOC(=O)Cc1cc(=O)[nH]c(C(F)F)c1OC. The highest BCUT2D eigenvalue weighted by atomic mass is 19.3. The maximum Gasteiger partial charge on any atom is 0.310 e. The third-order valence-electron chi connectivity index (χ3n) is 2.16. The van der Waals surface area contributed by atoms with Crippen LogP contribution in [0.5, 0.6) is 5.75 Å². The summed E-state index contributed by atoms with van der Waals surface area (Å²) in [5.41, 5.74) is -1.27. The van der Waals surface area contributed by atoms with Gasteiger partial charge in [-0.15, -0.1) is 0 Å². The van der Waals surface area contributed by atoms with Crippen LogP contribution in [-0.4, -0.2) is 24.7 Å². The van der Waals surface area contributed by atoms with Crippen LogP contribution in [0.1, 0.15) is 24.6 Å². The minimum absolute atomic E-state index is 0.0787. The van der Waals surface area contributed by atoms with E-state index in [2.05, 4.69) is 0 Å². The van der Waals surface area contributed by atoms with Gasteiger partial charge in [0.1, 0.15) is 11.4 Å². The van der Waals surface area contributed by atoms with Gasteiger partial charge in [0.05, 0.1) is 20.1 Å². The number of aromatic nitrogens is 1. The minimum Gasteiger partial charge on any atom is -0.494 e. The molecule has 0 saturated heterocycles. The molecule has 0 saturated carbocycles. The van der Waals surface area contributed by atoms with Gasteiger partial charge in [0, 0.05) is 11.6 Å². The zero-order chi connectivity index (χ0) is 13.7. The van der Waals surface area contributed by atoms with Crippen LogP contribution >= 0.6 is 0 Å². The molecule has 1 aromatic rings. The molecule has 1 aromatic heterocycles. The highest BCUT2D eigenvalue weighted by Crippen LogP contribution is 2.29. The van der Waals surface area contributed by atoms with Gasteiger partial charge >= 0.3 is 5.97 Å². The van der Waals surface area contributed by atoms with Crippen LogP contribution in [0.15, 0.2) is 10.9 Å². The summed E-state index contributed by atoms with van der Waals surface area (Å²) < 4.78 is 34.9. The molecule has 1 rings (SSSR count). The van der Waals surface area contributed by atoms with E-state index in [1.165, 1.54) is 7.11 Å².